The van der Waals surface area contributed by atoms with Gasteiger partial charge in [0, 0.05) is 11.1 Å². The van der Waals surface area contributed by atoms with Gasteiger partial charge in [0.2, 0.25) is 0 Å². The van der Waals surface area contributed by atoms with Gasteiger partial charge in [-0.1, -0.05) is 55.9 Å². The first-order chi connectivity index (χ1) is 18.7. The fraction of sp³-hybridized carbons (Fsp3) is 0.185. The quantitative estimate of drug-likeness (QED) is 0.140. The molecule has 5 rings (SSSR count). The maximum atomic E-state index is 14.4. The van der Waals surface area contributed by atoms with Crippen LogP contribution in [-0.4, -0.2) is 38.4 Å². The fourth-order valence-electron chi connectivity index (χ4n) is 3.96. The first-order valence-electron chi connectivity index (χ1n) is 11.9. The van der Waals surface area contributed by atoms with Gasteiger partial charge >= 0.3 is 6.36 Å². The number of thioether (sulfide) groups is 1. The van der Waals surface area contributed by atoms with E-state index in [1.54, 1.807) is 12.3 Å². The molecule has 0 radical (unpaired) electrons. The molecule has 39 heavy (non-hydrogen) atoms. The number of aromatic nitrogens is 3. The highest BCUT2D eigenvalue weighted by atomic mass is 32.2. The van der Waals surface area contributed by atoms with Gasteiger partial charge in [0.15, 0.2) is 11.0 Å². The molecule has 0 N–H and O–H groups in total. The van der Waals surface area contributed by atoms with Crippen LogP contribution < -0.4 is 9.64 Å². The number of hydrogen-bond donors (Lipinski definition) is 0. The number of halogens is 4. The van der Waals surface area contributed by atoms with E-state index in [4.69, 9.17) is 0 Å². The first-order valence-corrected chi connectivity index (χ1v) is 12.8. The van der Waals surface area contributed by atoms with Crippen LogP contribution in [0.25, 0.3) is 17.1 Å². The van der Waals surface area contributed by atoms with Crippen molar-refractivity contribution in [3.63, 3.8) is 0 Å². The Hall–Kier alpha value is -4.19. The smallest absolute Gasteiger partial charge is 0.406 e. The van der Waals surface area contributed by atoms with Crippen LogP contribution in [0.15, 0.2) is 83.3 Å². The lowest BCUT2D eigenvalue weighted by Gasteiger charge is -2.35. The van der Waals surface area contributed by atoms with Gasteiger partial charge in [0.25, 0.3) is 0 Å². The summed E-state index contributed by atoms with van der Waals surface area (Å²) in [5.74, 6) is 0.625. The summed E-state index contributed by atoms with van der Waals surface area (Å²) in [5, 5.41) is 13.6. The molecule has 0 aliphatic carbocycles. The summed E-state index contributed by atoms with van der Waals surface area (Å²) >= 11 is 1.54. The van der Waals surface area contributed by atoms with Crippen molar-refractivity contribution >= 4 is 28.8 Å². The molecule has 2 heterocycles. The Labute approximate surface area is 225 Å². The van der Waals surface area contributed by atoms with Crippen molar-refractivity contribution in [2.75, 3.05) is 10.8 Å². The minimum Gasteiger partial charge on any atom is -0.406 e. The number of amidine groups is 1. The predicted octanol–water partition coefficient (Wildman–Crippen LogP) is 7.00. The summed E-state index contributed by atoms with van der Waals surface area (Å²) in [4.78, 5) is 6.24. The van der Waals surface area contributed by atoms with Gasteiger partial charge in [-0.05, 0) is 47.9 Å². The Morgan fingerprint density at radius 3 is 2.41 bits per heavy atom. The van der Waals surface area contributed by atoms with E-state index >= 15 is 0 Å². The Morgan fingerprint density at radius 1 is 1.03 bits per heavy atom. The predicted molar refractivity (Wildman–Crippen MR) is 144 cm³/mol. The van der Waals surface area contributed by atoms with Crippen LogP contribution in [-0.2, 0) is 0 Å². The summed E-state index contributed by atoms with van der Waals surface area (Å²) in [6.45, 7) is 3.92. The molecule has 7 nitrogen and oxygen atoms in total. The number of nitrogens with zero attached hydrogens (tertiary/aromatic N) is 6. The van der Waals surface area contributed by atoms with Crippen molar-refractivity contribution in [2.45, 2.75) is 26.1 Å². The lowest BCUT2D eigenvalue weighted by molar-refractivity contribution is -0.274. The van der Waals surface area contributed by atoms with E-state index < -0.39 is 6.36 Å². The van der Waals surface area contributed by atoms with Gasteiger partial charge in [-0.15, -0.1) is 23.4 Å². The Balaban J connectivity index is 1.24. The normalized spacial score (nSPS) is 14.8. The van der Waals surface area contributed by atoms with E-state index in [2.05, 4.69) is 25.0 Å². The topological polar surface area (TPSA) is 67.9 Å². The summed E-state index contributed by atoms with van der Waals surface area (Å²) in [6.07, 6.45) is -1.65. The lowest BCUT2D eigenvalue weighted by atomic mass is 10.00. The summed E-state index contributed by atoms with van der Waals surface area (Å²) in [6, 6.07) is 17.8. The second-order valence-electron chi connectivity index (χ2n) is 8.83. The average molecular weight is 555 g/mol. The van der Waals surface area contributed by atoms with Crippen LogP contribution in [0, 0.1) is 5.82 Å². The second kappa shape index (κ2) is 10.9. The summed E-state index contributed by atoms with van der Waals surface area (Å²) < 4.78 is 56.8. The van der Waals surface area contributed by atoms with E-state index in [1.807, 2.05) is 49.1 Å². The average Bonchev–Trinajstić information content (AvgIpc) is 3.36. The molecular formula is C27H22F4N6OS. The SMILES string of the molecule is CC(C)c1c(F)cccc1N1CS/C1=N\N=C\c1ccc(-c2ncn(-c3ccc(OC(F)(F)F)cc3)n2)cc1. The summed E-state index contributed by atoms with van der Waals surface area (Å²) in [7, 11) is 0. The van der Waals surface area contributed by atoms with Gasteiger partial charge in [0.05, 0.1) is 23.5 Å². The van der Waals surface area contributed by atoms with Crippen LogP contribution in [0.3, 0.4) is 0 Å². The highest BCUT2D eigenvalue weighted by Gasteiger charge is 2.31. The Bertz CT molecular complexity index is 1510. The van der Waals surface area contributed by atoms with E-state index in [0.29, 0.717) is 28.1 Å². The zero-order valence-electron chi connectivity index (χ0n) is 20.8. The van der Waals surface area contributed by atoms with Gasteiger partial charge in [-0.25, -0.2) is 14.1 Å². The fourth-order valence-corrected chi connectivity index (χ4v) is 4.67. The number of hydrogen-bond acceptors (Lipinski definition) is 6. The molecule has 4 aromatic rings. The number of anilines is 1. The van der Waals surface area contributed by atoms with Gasteiger partial charge in [-0.3, -0.25) is 0 Å². The van der Waals surface area contributed by atoms with Crippen molar-refractivity contribution in [2.24, 2.45) is 10.2 Å². The number of rotatable bonds is 7. The third-order valence-corrected chi connectivity index (χ3v) is 6.74. The van der Waals surface area contributed by atoms with Crippen molar-refractivity contribution in [1.29, 1.82) is 0 Å². The molecule has 0 saturated carbocycles. The van der Waals surface area contributed by atoms with Crippen LogP contribution in [0.4, 0.5) is 23.2 Å². The third-order valence-electron chi connectivity index (χ3n) is 5.80. The van der Waals surface area contributed by atoms with E-state index in [1.165, 1.54) is 53.1 Å². The molecule has 1 saturated heterocycles. The highest BCUT2D eigenvalue weighted by molar-refractivity contribution is 8.16. The third kappa shape index (κ3) is 6.11. The second-order valence-corrected chi connectivity index (χ2v) is 9.74. The molecule has 3 aromatic carbocycles. The Morgan fingerprint density at radius 2 is 1.77 bits per heavy atom. The van der Waals surface area contributed by atoms with Crippen LogP contribution in [0.5, 0.6) is 5.75 Å². The van der Waals surface area contributed by atoms with E-state index in [0.717, 1.165) is 16.8 Å². The summed E-state index contributed by atoms with van der Waals surface area (Å²) in [5.41, 5.74) is 3.57. The van der Waals surface area contributed by atoms with Crippen LogP contribution >= 0.6 is 11.8 Å². The maximum absolute atomic E-state index is 14.4. The molecule has 1 aliphatic rings. The highest BCUT2D eigenvalue weighted by Crippen LogP contribution is 2.37. The van der Waals surface area contributed by atoms with Crippen molar-refractivity contribution in [1.82, 2.24) is 14.8 Å². The molecule has 12 heteroatoms. The first kappa shape index (κ1) is 26.4. The van der Waals surface area contributed by atoms with Gasteiger partial charge in [-0.2, -0.15) is 5.10 Å². The molecule has 1 aliphatic heterocycles. The molecule has 200 valence electrons. The largest absolute Gasteiger partial charge is 0.573 e. The number of alkyl halides is 3. The van der Waals surface area contributed by atoms with Crippen molar-refractivity contribution in [3.05, 3.63) is 90.0 Å². The van der Waals surface area contributed by atoms with Crippen LogP contribution in [0.2, 0.25) is 0 Å². The molecular weight excluding hydrogens is 532 g/mol. The number of benzene rings is 3. The molecule has 0 unspecified atom stereocenters. The van der Waals surface area contributed by atoms with Crippen molar-refractivity contribution in [3.8, 4) is 22.8 Å². The molecule has 1 fully saturated rings. The van der Waals surface area contributed by atoms with E-state index in [-0.39, 0.29) is 17.5 Å². The number of ether oxygens (including phenoxy) is 1. The molecule has 0 atom stereocenters. The van der Waals surface area contributed by atoms with Gasteiger partial charge in [0.1, 0.15) is 17.9 Å². The molecule has 0 bridgehead atoms. The van der Waals surface area contributed by atoms with Crippen molar-refractivity contribution < 1.29 is 22.3 Å². The Kier molecular flexibility index (Phi) is 7.38. The molecule has 0 amide bonds. The molecule has 0 spiro atoms. The minimum atomic E-state index is -4.75. The lowest BCUT2D eigenvalue weighted by Crippen LogP contribution is -2.39. The van der Waals surface area contributed by atoms with Gasteiger partial charge < -0.3 is 9.64 Å². The minimum absolute atomic E-state index is 0.0365. The zero-order valence-corrected chi connectivity index (χ0v) is 21.6. The van der Waals surface area contributed by atoms with E-state index in [9.17, 15) is 17.6 Å². The standard InChI is InChI=1S/C27H22F4N6OS/c1-17(2)24-22(28)4-3-5-23(24)36-16-39-26(36)34-33-14-18-6-8-19(9-7-18)25-32-15-37(35-25)20-10-12-21(13-11-20)38-27(29,30)31/h3-15,17H,16H2,1-2H3/b33-14+,34-26-. The molecule has 1 aromatic heterocycles. The maximum Gasteiger partial charge on any atom is 0.573 e. The zero-order chi connectivity index (χ0) is 27.6. The van der Waals surface area contributed by atoms with Crippen LogP contribution in [0.1, 0.15) is 30.9 Å². The monoisotopic (exact) mass is 554 g/mol.